The highest BCUT2D eigenvalue weighted by Gasteiger charge is 2.09. The van der Waals surface area contributed by atoms with Gasteiger partial charge >= 0.3 is 0 Å². The van der Waals surface area contributed by atoms with E-state index in [1.807, 2.05) is 6.07 Å². The van der Waals surface area contributed by atoms with Crippen LogP contribution in [0.4, 0.5) is 8.78 Å². The van der Waals surface area contributed by atoms with E-state index in [-0.39, 0.29) is 29.3 Å². The Balaban J connectivity index is 2.17. The standard InChI is InChI=1S/C16H11F2NO2/c1-10(20)15-5-4-14(7-16(15)18)21-9-12-6-13(17)3-2-11(12)8-19/h2-7H,9H2,1H3. The fourth-order valence-corrected chi connectivity index (χ4v) is 1.82. The molecule has 0 fully saturated rings. The summed E-state index contributed by atoms with van der Waals surface area (Å²) in [6, 6.07) is 9.52. The molecule has 0 spiro atoms. The summed E-state index contributed by atoms with van der Waals surface area (Å²) >= 11 is 0. The summed E-state index contributed by atoms with van der Waals surface area (Å²) in [6.45, 7) is 1.20. The van der Waals surface area contributed by atoms with Gasteiger partial charge in [0.15, 0.2) is 5.78 Å². The van der Waals surface area contributed by atoms with Gasteiger partial charge in [-0.15, -0.1) is 0 Å². The van der Waals surface area contributed by atoms with E-state index in [1.165, 1.54) is 37.3 Å². The zero-order valence-corrected chi connectivity index (χ0v) is 11.2. The predicted molar refractivity (Wildman–Crippen MR) is 71.9 cm³/mol. The van der Waals surface area contributed by atoms with E-state index < -0.39 is 11.6 Å². The molecule has 0 bridgehead atoms. The third-order valence-electron chi connectivity index (χ3n) is 2.90. The second-order valence-electron chi connectivity index (χ2n) is 4.40. The van der Waals surface area contributed by atoms with Crippen LogP contribution in [-0.4, -0.2) is 5.78 Å². The first-order chi connectivity index (χ1) is 10.0. The molecule has 0 aliphatic carbocycles. The Morgan fingerprint density at radius 2 is 2.00 bits per heavy atom. The summed E-state index contributed by atoms with van der Waals surface area (Å²) in [5.74, 6) is -1.34. The van der Waals surface area contributed by atoms with Crippen LogP contribution in [0.25, 0.3) is 0 Å². The lowest BCUT2D eigenvalue weighted by atomic mass is 10.1. The van der Waals surface area contributed by atoms with Gasteiger partial charge in [-0.1, -0.05) is 0 Å². The van der Waals surface area contributed by atoms with Gasteiger partial charge < -0.3 is 4.74 Å². The molecule has 21 heavy (non-hydrogen) atoms. The first kappa shape index (κ1) is 14.7. The number of Topliss-reactive ketones (excluding diaryl/α,β-unsaturated/α-hetero) is 1. The third-order valence-corrected chi connectivity index (χ3v) is 2.90. The SMILES string of the molecule is CC(=O)c1ccc(OCc2cc(F)ccc2C#N)cc1F. The summed E-state index contributed by atoms with van der Waals surface area (Å²) in [5, 5.41) is 8.92. The molecule has 0 unspecified atom stereocenters. The largest absolute Gasteiger partial charge is 0.489 e. The average molecular weight is 287 g/mol. The first-order valence-corrected chi connectivity index (χ1v) is 6.13. The lowest BCUT2D eigenvalue weighted by Gasteiger charge is -2.09. The second-order valence-corrected chi connectivity index (χ2v) is 4.40. The molecule has 3 nitrogen and oxygen atoms in total. The Morgan fingerprint density at radius 3 is 2.62 bits per heavy atom. The molecule has 0 atom stereocenters. The number of benzene rings is 2. The van der Waals surface area contributed by atoms with E-state index in [1.54, 1.807) is 0 Å². The molecule has 106 valence electrons. The molecule has 0 N–H and O–H groups in total. The van der Waals surface area contributed by atoms with Crippen molar-refractivity contribution in [1.82, 2.24) is 0 Å². The number of ketones is 1. The molecule has 0 heterocycles. The van der Waals surface area contributed by atoms with E-state index >= 15 is 0 Å². The molecule has 2 rings (SSSR count). The summed E-state index contributed by atoms with van der Waals surface area (Å²) < 4.78 is 32.1. The van der Waals surface area contributed by atoms with Crippen LogP contribution < -0.4 is 4.74 Å². The van der Waals surface area contributed by atoms with Gasteiger partial charge in [0, 0.05) is 11.6 Å². The number of nitrogens with zero attached hydrogens (tertiary/aromatic N) is 1. The molecular weight excluding hydrogens is 276 g/mol. The van der Waals surface area contributed by atoms with Crippen LogP contribution >= 0.6 is 0 Å². The smallest absolute Gasteiger partial charge is 0.162 e. The lowest BCUT2D eigenvalue weighted by molar-refractivity contribution is 0.101. The van der Waals surface area contributed by atoms with Crippen LogP contribution in [0, 0.1) is 23.0 Å². The Kier molecular flexibility index (Phi) is 4.29. The van der Waals surface area contributed by atoms with Gasteiger partial charge in [0.05, 0.1) is 17.2 Å². The summed E-state index contributed by atoms with van der Waals surface area (Å²) in [7, 11) is 0. The van der Waals surface area contributed by atoms with Gasteiger partial charge in [-0.3, -0.25) is 4.79 Å². The molecule has 0 saturated carbocycles. The van der Waals surface area contributed by atoms with E-state index in [9.17, 15) is 13.6 Å². The number of carbonyl (C=O) groups excluding carboxylic acids is 1. The van der Waals surface area contributed by atoms with Crippen molar-refractivity contribution < 1.29 is 18.3 Å². The van der Waals surface area contributed by atoms with Crippen LogP contribution in [0.1, 0.15) is 28.4 Å². The maximum atomic E-state index is 13.6. The number of halogens is 2. The maximum absolute atomic E-state index is 13.6. The highest BCUT2D eigenvalue weighted by molar-refractivity contribution is 5.94. The highest BCUT2D eigenvalue weighted by Crippen LogP contribution is 2.19. The van der Waals surface area contributed by atoms with Crippen LogP contribution in [0.15, 0.2) is 36.4 Å². The van der Waals surface area contributed by atoms with Crippen molar-refractivity contribution in [2.75, 3.05) is 0 Å². The quantitative estimate of drug-likeness (QED) is 0.807. The van der Waals surface area contributed by atoms with Gasteiger partial charge in [-0.2, -0.15) is 5.26 Å². The number of hydrogen-bond acceptors (Lipinski definition) is 3. The molecule has 0 aliphatic rings. The summed E-state index contributed by atoms with van der Waals surface area (Å²) in [5.41, 5.74) is 0.636. The average Bonchev–Trinajstić information content (AvgIpc) is 2.45. The molecule has 0 aliphatic heterocycles. The van der Waals surface area contributed by atoms with Crippen molar-refractivity contribution in [2.24, 2.45) is 0 Å². The normalized spacial score (nSPS) is 10.0. The number of rotatable bonds is 4. The summed E-state index contributed by atoms with van der Waals surface area (Å²) in [4.78, 5) is 11.1. The number of ether oxygens (including phenoxy) is 1. The lowest BCUT2D eigenvalue weighted by Crippen LogP contribution is -2.01. The number of hydrogen-bond donors (Lipinski definition) is 0. The minimum atomic E-state index is -0.681. The number of nitriles is 1. The molecule has 5 heteroatoms. The van der Waals surface area contributed by atoms with Gasteiger partial charge in [0.2, 0.25) is 0 Å². The molecule has 0 saturated heterocycles. The fourth-order valence-electron chi connectivity index (χ4n) is 1.82. The van der Waals surface area contributed by atoms with Crippen LogP contribution in [0.3, 0.4) is 0 Å². The minimum absolute atomic E-state index is 0.0224. The maximum Gasteiger partial charge on any atom is 0.162 e. The van der Waals surface area contributed by atoms with Crippen molar-refractivity contribution in [3.05, 3.63) is 64.7 Å². The highest BCUT2D eigenvalue weighted by atomic mass is 19.1. The third kappa shape index (κ3) is 3.42. The first-order valence-electron chi connectivity index (χ1n) is 6.13. The van der Waals surface area contributed by atoms with E-state index in [0.717, 1.165) is 6.07 Å². The fraction of sp³-hybridized carbons (Fsp3) is 0.125. The molecule has 2 aromatic rings. The number of carbonyl (C=O) groups is 1. The van der Waals surface area contributed by atoms with Crippen LogP contribution in [0.5, 0.6) is 5.75 Å². The second kappa shape index (κ2) is 6.14. The van der Waals surface area contributed by atoms with Crippen LogP contribution in [-0.2, 0) is 6.61 Å². The van der Waals surface area contributed by atoms with Crippen molar-refractivity contribution >= 4 is 5.78 Å². The van der Waals surface area contributed by atoms with Gasteiger partial charge in [0.25, 0.3) is 0 Å². The predicted octanol–water partition coefficient (Wildman–Crippen LogP) is 3.62. The molecule has 2 aromatic carbocycles. The van der Waals surface area contributed by atoms with E-state index in [0.29, 0.717) is 5.56 Å². The molecule has 0 radical (unpaired) electrons. The minimum Gasteiger partial charge on any atom is -0.489 e. The van der Waals surface area contributed by atoms with Crippen molar-refractivity contribution in [2.45, 2.75) is 13.5 Å². The monoisotopic (exact) mass is 287 g/mol. The molecule has 0 aromatic heterocycles. The Morgan fingerprint density at radius 1 is 1.24 bits per heavy atom. The van der Waals surface area contributed by atoms with E-state index in [4.69, 9.17) is 10.00 Å². The van der Waals surface area contributed by atoms with Gasteiger partial charge in [-0.25, -0.2) is 8.78 Å². The van der Waals surface area contributed by atoms with Crippen molar-refractivity contribution in [3.63, 3.8) is 0 Å². The molecular formula is C16H11F2NO2. The van der Waals surface area contributed by atoms with Gasteiger partial charge in [0.1, 0.15) is 24.0 Å². The topological polar surface area (TPSA) is 50.1 Å². The zero-order valence-electron chi connectivity index (χ0n) is 11.2. The Labute approximate surface area is 120 Å². The summed E-state index contributed by atoms with van der Waals surface area (Å²) in [6.07, 6.45) is 0. The van der Waals surface area contributed by atoms with Crippen molar-refractivity contribution in [3.8, 4) is 11.8 Å². The zero-order chi connectivity index (χ0) is 15.4. The Hall–Kier alpha value is -2.74. The van der Waals surface area contributed by atoms with Crippen LogP contribution in [0.2, 0.25) is 0 Å². The van der Waals surface area contributed by atoms with Gasteiger partial charge in [-0.05, 0) is 37.3 Å². The molecule has 0 amide bonds. The Bertz CT molecular complexity index is 736. The van der Waals surface area contributed by atoms with Crippen molar-refractivity contribution in [1.29, 1.82) is 5.26 Å². The van der Waals surface area contributed by atoms with E-state index in [2.05, 4.69) is 0 Å².